The zero-order valence-corrected chi connectivity index (χ0v) is 16.6. The van der Waals surface area contributed by atoms with Crippen LogP contribution in [0.4, 0.5) is 0 Å². The van der Waals surface area contributed by atoms with Crippen LogP contribution >= 0.6 is 0 Å². The Morgan fingerprint density at radius 1 is 1.24 bits per heavy atom. The zero-order chi connectivity index (χ0) is 21.0. The number of nitrogens with one attached hydrogen (secondary N) is 1. The molecule has 29 heavy (non-hydrogen) atoms. The zero-order valence-electron chi connectivity index (χ0n) is 16.6. The Morgan fingerprint density at radius 2 is 1.97 bits per heavy atom. The number of rotatable bonds is 8. The van der Waals surface area contributed by atoms with Crippen molar-refractivity contribution in [1.82, 2.24) is 20.1 Å². The molecule has 3 rings (SSSR count). The van der Waals surface area contributed by atoms with Gasteiger partial charge < -0.3 is 15.2 Å². The lowest BCUT2D eigenvalue weighted by atomic mass is 10.1. The molecule has 0 saturated heterocycles. The van der Waals surface area contributed by atoms with E-state index in [1.807, 2.05) is 44.2 Å². The third kappa shape index (κ3) is 4.43. The molecule has 3 aromatic rings. The van der Waals surface area contributed by atoms with Gasteiger partial charge in [-0.05, 0) is 19.9 Å². The molecule has 152 valence electrons. The molecule has 1 atom stereocenters. The van der Waals surface area contributed by atoms with Crippen LogP contribution in [0.15, 0.2) is 42.6 Å². The summed E-state index contributed by atoms with van der Waals surface area (Å²) in [4.78, 5) is 29.3. The second-order valence-corrected chi connectivity index (χ2v) is 6.99. The summed E-state index contributed by atoms with van der Waals surface area (Å²) >= 11 is 0. The summed E-state index contributed by atoms with van der Waals surface area (Å²) in [5, 5.41) is 17.0. The van der Waals surface area contributed by atoms with E-state index in [0.717, 1.165) is 5.56 Å². The molecule has 0 bridgehead atoms. The summed E-state index contributed by atoms with van der Waals surface area (Å²) in [5.74, 6) is -1.59. The average molecular weight is 396 g/mol. The Hall–Kier alpha value is -3.26. The van der Waals surface area contributed by atoms with Crippen LogP contribution in [0.1, 0.15) is 36.7 Å². The summed E-state index contributed by atoms with van der Waals surface area (Å²) in [5.41, 5.74) is 2.39. The first-order valence-corrected chi connectivity index (χ1v) is 9.38. The number of hydrogen-bond acceptors (Lipinski definition) is 5. The van der Waals surface area contributed by atoms with Gasteiger partial charge in [-0.3, -0.25) is 4.79 Å². The fourth-order valence-corrected chi connectivity index (χ4v) is 3.07. The number of benzene rings is 1. The number of hydrogen-bond donors (Lipinski definition) is 2. The molecule has 2 heterocycles. The highest BCUT2D eigenvalue weighted by Crippen LogP contribution is 2.26. The number of fused-ring (bicyclic) bond motifs is 1. The SMILES string of the molecule is COCCC(NC(=O)c1cc(-c2ccccc2)nc2c1cnn2C(C)C)C(=O)O. The molecule has 0 fully saturated rings. The van der Waals surface area contributed by atoms with E-state index in [1.54, 1.807) is 16.9 Å². The minimum absolute atomic E-state index is 0.0513. The molecule has 0 spiro atoms. The van der Waals surface area contributed by atoms with E-state index in [2.05, 4.69) is 10.4 Å². The quantitative estimate of drug-likeness (QED) is 0.606. The molecule has 0 saturated carbocycles. The molecular formula is C21H24N4O4. The highest BCUT2D eigenvalue weighted by atomic mass is 16.5. The van der Waals surface area contributed by atoms with Gasteiger partial charge in [-0.25, -0.2) is 14.5 Å². The van der Waals surface area contributed by atoms with E-state index in [0.29, 0.717) is 22.3 Å². The van der Waals surface area contributed by atoms with E-state index in [4.69, 9.17) is 9.72 Å². The Morgan fingerprint density at radius 3 is 2.59 bits per heavy atom. The summed E-state index contributed by atoms with van der Waals surface area (Å²) in [6.45, 7) is 4.19. The van der Waals surface area contributed by atoms with E-state index < -0.39 is 17.9 Å². The van der Waals surface area contributed by atoms with E-state index in [1.165, 1.54) is 7.11 Å². The lowest BCUT2D eigenvalue weighted by Gasteiger charge is -2.15. The van der Waals surface area contributed by atoms with Crippen LogP contribution in [-0.2, 0) is 9.53 Å². The van der Waals surface area contributed by atoms with Crippen LogP contribution < -0.4 is 5.32 Å². The van der Waals surface area contributed by atoms with Crippen molar-refractivity contribution in [1.29, 1.82) is 0 Å². The van der Waals surface area contributed by atoms with Crippen LogP contribution in [0.25, 0.3) is 22.3 Å². The maximum atomic E-state index is 13.0. The number of amides is 1. The number of nitrogens with zero attached hydrogens (tertiary/aromatic N) is 3. The summed E-state index contributed by atoms with van der Waals surface area (Å²) in [7, 11) is 1.49. The third-order valence-corrected chi connectivity index (χ3v) is 4.58. The molecule has 8 nitrogen and oxygen atoms in total. The van der Waals surface area contributed by atoms with Crippen molar-refractivity contribution in [3.05, 3.63) is 48.2 Å². The second-order valence-electron chi connectivity index (χ2n) is 6.99. The van der Waals surface area contributed by atoms with Crippen molar-refractivity contribution in [2.45, 2.75) is 32.4 Å². The fourth-order valence-electron chi connectivity index (χ4n) is 3.07. The molecule has 2 aromatic heterocycles. The van der Waals surface area contributed by atoms with Gasteiger partial charge in [0.2, 0.25) is 0 Å². The highest BCUT2D eigenvalue weighted by Gasteiger charge is 2.24. The smallest absolute Gasteiger partial charge is 0.326 e. The van der Waals surface area contributed by atoms with Gasteiger partial charge in [-0.1, -0.05) is 30.3 Å². The first-order valence-electron chi connectivity index (χ1n) is 9.38. The lowest BCUT2D eigenvalue weighted by molar-refractivity contribution is -0.139. The normalized spacial score (nSPS) is 12.3. The van der Waals surface area contributed by atoms with Crippen LogP contribution in [0.2, 0.25) is 0 Å². The van der Waals surface area contributed by atoms with Crippen molar-refractivity contribution in [2.75, 3.05) is 13.7 Å². The average Bonchev–Trinajstić information content (AvgIpc) is 3.15. The van der Waals surface area contributed by atoms with Crippen molar-refractivity contribution < 1.29 is 19.4 Å². The van der Waals surface area contributed by atoms with Crippen molar-refractivity contribution in [3.63, 3.8) is 0 Å². The number of pyridine rings is 1. The predicted octanol–water partition coefficient (Wildman–Crippen LogP) is 2.90. The molecule has 0 aliphatic carbocycles. The largest absolute Gasteiger partial charge is 0.480 e. The topological polar surface area (TPSA) is 106 Å². The van der Waals surface area contributed by atoms with Gasteiger partial charge in [0.25, 0.3) is 5.91 Å². The predicted molar refractivity (Wildman–Crippen MR) is 109 cm³/mol. The first-order chi connectivity index (χ1) is 13.9. The monoisotopic (exact) mass is 396 g/mol. The van der Waals surface area contributed by atoms with E-state index >= 15 is 0 Å². The Kier molecular flexibility index (Phi) is 6.23. The van der Waals surface area contributed by atoms with Crippen LogP contribution in [0.5, 0.6) is 0 Å². The standard InChI is InChI=1S/C21H24N4O4/c1-13(2)25-19-16(12-22-25)15(11-18(23-19)14-7-5-4-6-8-14)20(26)24-17(21(27)28)9-10-29-3/h4-8,11-13,17H,9-10H2,1-3H3,(H,24,26)(H,27,28). The van der Waals surface area contributed by atoms with Gasteiger partial charge in [0, 0.05) is 31.7 Å². The Labute approximate surface area is 168 Å². The van der Waals surface area contributed by atoms with Crippen LogP contribution in [-0.4, -0.2) is 51.5 Å². The maximum Gasteiger partial charge on any atom is 0.326 e. The van der Waals surface area contributed by atoms with Gasteiger partial charge in [-0.2, -0.15) is 5.10 Å². The molecule has 0 aliphatic heterocycles. The van der Waals surface area contributed by atoms with Crippen LogP contribution in [0, 0.1) is 0 Å². The minimum Gasteiger partial charge on any atom is -0.480 e. The number of carboxylic acid groups (broad SMARTS) is 1. The third-order valence-electron chi connectivity index (χ3n) is 4.58. The van der Waals surface area contributed by atoms with Gasteiger partial charge in [0.15, 0.2) is 5.65 Å². The maximum absolute atomic E-state index is 13.0. The summed E-state index contributed by atoms with van der Waals surface area (Å²) in [6.07, 6.45) is 1.76. The second kappa shape index (κ2) is 8.83. The molecule has 0 aliphatic rings. The van der Waals surface area contributed by atoms with Crippen molar-refractivity contribution in [3.8, 4) is 11.3 Å². The van der Waals surface area contributed by atoms with Crippen molar-refractivity contribution in [2.24, 2.45) is 0 Å². The molecular weight excluding hydrogens is 372 g/mol. The van der Waals surface area contributed by atoms with Gasteiger partial charge >= 0.3 is 5.97 Å². The van der Waals surface area contributed by atoms with E-state index in [-0.39, 0.29) is 19.1 Å². The number of aromatic nitrogens is 3. The molecule has 8 heteroatoms. The number of carbonyl (C=O) groups excluding carboxylic acids is 1. The molecule has 1 amide bonds. The first kappa shape index (κ1) is 20.5. The number of aliphatic carboxylic acids is 1. The summed E-state index contributed by atoms with van der Waals surface area (Å²) in [6, 6.07) is 10.2. The number of carboxylic acids is 1. The minimum atomic E-state index is -1.11. The summed E-state index contributed by atoms with van der Waals surface area (Å²) < 4.78 is 6.70. The molecule has 2 N–H and O–H groups in total. The van der Waals surface area contributed by atoms with Gasteiger partial charge in [-0.15, -0.1) is 0 Å². The van der Waals surface area contributed by atoms with Crippen molar-refractivity contribution >= 4 is 22.9 Å². The molecule has 1 unspecified atom stereocenters. The Bertz CT molecular complexity index is 1010. The van der Waals surface area contributed by atoms with Gasteiger partial charge in [0.1, 0.15) is 6.04 Å². The Balaban J connectivity index is 2.08. The fraction of sp³-hybridized carbons (Fsp3) is 0.333. The number of ether oxygens (including phenoxy) is 1. The highest BCUT2D eigenvalue weighted by molar-refractivity contribution is 6.07. The molecule has 1 aromatic carbocycles. The lowest BCUT2D eigenvalue weighted by Crippen LogP contribution is -2.41. The molecule has 0 radical (unpaired) electrons. The van der Waals surface area contributed by atoms with E-state index in [9.17, 15) is 14.7 Å². The number of carbonyl (C=O) groups is 2. The number of methoxy groups -OCH3 is 1. The van der Waals surface area contributed by atoms with Crippen LogP contribution in [0.3, 0.4) is 0 Å². The van der Waals surface area contributed by atoms with Gasteiger partial charge in [0.05, 0.1) is 22.8 Å².